The lowest BCUT2D eigenvalue weighted by Crippen LogP contribution is -2.52. The first-order chi connectivity index (χ1) is 19.4. The topological polar surface area (TPSA) is 131 Å². The van der Waals surface area contributed by atoms with Gasteiger partial charge in [0, 0.05) is 19.1 Å². The second-order valence-corrected chi connectivity index (χ2v) is 10.9. The molecule has 0 unspecified atom stereocenters. The van der Waals surface area contributed by atoms with Crippen molar-refractivity contribution < 1.29 is 18.7 Å². The molecular formula is C26H22ClFN8O3S. The molecule has 5 aromatic rings. The van der Waals surface area contributed by atoms with Crippen molar-refractivity contribution in [3.8, 4) is 22.9 Å². The van der Waals surface area contributed by atoms with E-state index in [1.807, 2.05) is 4.57 Å². The lowest BCUT2D eigenvalue weighted by molar-refractivity contribution is 0.0805. The number of piperidine rings is 1. The van der Waals surface area contributed by atoms with Crippen LogP contribution in [-0.2, 0) is 4.74 Å². The summed E-state index contributed by atoms with van der Waals surface area (Å²) in [5, 5.41) is 9.82. The summed E-state index contributed by atoms with van der Waals surface area (Å²) < 4.78 is 22.5. The Hall–Kier alpha value is -4.36. The van der Waals surface area contributed by atoms with Gasteiger partial charge in [-0.15, -0.1) is 11.3 Å². The average molecular weight is 581 g/mol. The van der Waals surface area contributed by atoms with Gasteiger partial charge in [0.05, 0.1) is 39.6 Å². The third-order valence-electron chi connectivity index (χ3n) is 6.69. The molecule has 1 saturated heterocycles. The van der Waals surface area contributed by atoms with Crippen LogP contribution in [0.1, 0.15) is 22.1 Å². The van der Waals surface area contributed by atoms with Crippen LogP contribution >= 0.6 is 22.9 Å². The zero-order valence-corrected chi connectivity index (χ0v) is 22.6. The lowest BCUT2D eigenvalue weighted by atomic mass is 9.99. The summed E-state index contributed by atoms with van der Waals surface area (Å²) in [5.41, 5.74) is 1.97. The van der Waals surface area contributed by atoms with E-state index in [2.05, 4.69) is 25.5 Å². The molecule has 5 heterocycles. The molecular weight excluding hydrogens is 559 g/mol. The van der Waals surface area contributed by atoms with Crippen LogP contribution in [0.25, 0.3) is 33.9 Å². The van der Waals surface area contributed by atoms with Gasteiger partial charge in [-0.3, -0.25) is 14.9 Å². The number of fused-ring (bicyclic) bond motifs is 1. The van der Waals surface area contributed by atoms with Gasteiger partial charge in [0.25, 0.3) is 5.91 Å². The number of hydrogen-bond donors (Lipinski definition) is 2. The van der Waals surface area contributed by atoms with Crippen LogP contribution in [-0.4, -0.2) is 72.9 Å². The minimum absolute atomic E-state index is 0.236. The number of carbonyl (C=O) groups excluding carboxylic acids is 2. The highest BCUT2D eigenvalue weighted by Crippen LogP contribution is 2.35. The molecule has 0 radical (unpaired) electrons. The minimum atomic E-state index is -0.539. The van der Waals surface area contributed by atoms with Gasteiger partial charge < -0.3 is 19.5 Å². The molecule has 2 N–H and O–H groups in total. The van der Waals surface area contributed by atoms with Crippen molar-refractivity contribution in [3.63, 3.8) is 0 Å². The second-order valence-electron chi connectivity index (χ2n) is 9.20. The number of methoxy groups -OCH3 is 1. The highest BCUT2D eigenvalue weighted by molar-refractivity contribution is 7.18. The van der Waals surface area contributed by atoms with E-state index < -0.39 is 24.0 Å². The van der Waals surface area contributed by atoms with E-state index in [0.717, 1.165) is 0 Å². The SMILES string of the molecule is COC(=O)N1C[C@H](NC(=O)c2ccc(Cl)s2)C[C@H](n2c(-c3ccccc3F)nc3cnc(-c4nc[nH]n4)cc32)C1. The van der Waals surface area contributed by atoms with Crippen molar-refractivity contribution in [1.82, 2.24) is 39.9 Å². The van der Waals surface area contributed by atoms with E-state index in [-0.39, 0.29) is 19.0 Å². The number of nitrogens with one attached hydrogen (secondary N) is 2. The largest absolute Gasteiger partial charge is 0.453 e. The Morgan fingerprint density at radius 1 is 1.20 bits per heavy atom. The molecule has 2 atom stereocenters. The van der Waals surface area contributed by atoms with Crippen molar-refractivity contribution >= 4 is 46.0 Å². The van der Waals surface area contributed by atoms with Gasteiger partial charge in [0.15, 0.2) is 5.82 Å². The van der Waals surface area contributed by atoms with Crippen molar-refractivity contribution in [1.29, 1.82) is 0 Å². The zero-order valence-electron chi connectivity index (χ0n) is 21.0. The Bertz CT molecular complexity index is 1710. The summed E-state index contributed by atoms with van der Waals surface area (Å²) in [6.45, 7) is 0.481. The number of ether oxygens (including phenoxy) is 1. The smallest absolute Gasteiger partial charge is 0.409 e. The van der Waals surface area contributed by atoms with Gasteiger partial charge >= 0.3 is 6.09 Å². The molecule has 4 aromatic heterocycles. The number of nitrogens with zero attached hydrogens (tertiary/aromatic N) is 6. The molecule has 1 aromatic carbocycles. The Labute approximate surface area is 236 Å². The van der Waals surface area contributed by atoms with Crippen molar-refractivity contribution in [2.24, 2.45) is 0 Å². The fourth-order valence-electron chi connectivity index (χ4n) is 4.99. The summed E-state index contributed by atoms with van der Waals surface area (Å²) in [4.78, 5) is 41.1. The van der Waals surface area contributed by atoms with Crippen LogP contribution in [0.5, 0.6) is 0 Å². The number of H-pyrrole nitrogens is 1. The van der Waals surface area contributed by atoms with E-state index in [1.165, 1.54) is 35.7 Å². The van der Waals surface area contributed by atoms with Crippen LogP contribution < -0.4 is 5.32 Å². The van der Waals surface area contributed by atoms with Crippen LogP contribution in [0, 0.1) is 5.82 Å². The first-order valence-corrected chi connectivity index (χ1v) is 13.5. The number of aromatic nitrogens is 6. The number of amides is 2. The standard InChI is InChI=1S/C26H22ClFN8O3S/c1-39-26(38)35-11-14(32-25(37)21-6-7-22(27)40-21)8-15(12-35)36-20-9-18(23-30-13-31-34-23)29-10-19(20)33-24(36)16-4-2-3-5-17(16)28/h2-7,9-10,13-15H,8,11-12H2,1H3,(H,32,37)(H,30,31,34)/t14-,15+/m1/s1. The van der Waals surface area contributed by atoms with Crippen molar-refractivity contribution in [2.45, 2.75) is 18.5 Å². The van der Waals surface area contributed by atoms with Crippen molar-refractivity contribution in [3.05, 3.63) is 70.0 Å². The summed E-state index contributed by atoms with van der Waals surface area (Å²) in [5.74, 6) is 0.0186. The Kier molecular flexibility index (Phi) is 6.90. The molecule has 0 bridgehead atoms. The normalized spacial score (nSPS) is 17.2. The summed E-state index contributed by atoms with van der Waals surface area (Å²) in [7, 11) is 1.30. The molecule has 40 heavy (non-hydrogen) atoms. The lowest BCUT2D eigenvalue weighted by Gasteiger charge is -2.38. The molecule has 1 aliphatic heterocycles. The fourth-order valence-corrected chi connectivity index (χ4v) is 5.94. The third-order valence-corrected chi connectivity index (χ3v) is 7.92. The van der Waals surface area contributed by atoms with Gasteiger partial charge in [0.2, 0.25) is 0 Å². The number of rotatable bonds is 5. The van der Waals surface area contributed by atoms with E-state index in [1.54, 1.807) is 42.6 Å². The van der Waals surface area contributed by atoms with Gasteiger partial charge in [-0.2, -0.15) is 5.10 Å². The molecule has 1 fully saturated rings. The average Bonchev–Trinajstić information content (AvgIpc) is 3.72. The summed E-state index contributed by atoms with van der Waals surface area (Å²) in [6.07, 6.45) is 2.93. The number of benzene rings is 1. The number of aromatic amines is 1. The maximum absolute atomic E-state index is 15.1. The molecule has 6 rings (SSSR count). The number of likely N-dealkylation sites (tertiary alicyclic amines) is 1. The van der Waals surface area contributed by atoms with E-state index in [4.69, 9.17) is 21.3 Å². The first kappa shape index (κ1) is 25.9. The Morgan fingerprint density at radius 2 is 2.05 bits per heavy atom. The molecule has 0 aliphatic carbocycles. The number of imidazole rings is 1. The highest BCUT2D eigenvalue weighted by atomic mass is 35.5. The third kappa shape index (κ3) is 4.89. The summed E-state index contributed by atoms with van der Waals surface area (Å²) in [6, 6.07) is 10.6. The van der Waals surface area contributed by atoms with Gasteiger partial charge in [-0.25, -0.2) is 19.2 Å². The van der Waals surface area contributed by atoms with Crippen molar-refractivity contribution in [2.75, 3.05) is 20.2 Å². The minimum Gasteiger partial charge on any atom is -0.453 e. The predicted octanol–water partition coefficient (Wildman–Crippen LogP) is 4.55. The number of thiophene rings is 1. The van der Waals surface area contributed by atoms with E-state index >= 15 is 4.39 Å². The fraction of sp³-hybridized carbons (Fsp3) is 0.231. The van der Waals surface area contributed by atoms with Crippen LogP contribution in [0.4, 0.5) is 9.18 Å². The monoisotopic (exact) mass is 580 g/mol. The molecule has 14 heteroatoms. The van der Waals surface area contributed by atoms with Crippen LogP contribution in [0.2, 0.25) is 4.34 Å². The highest BCUT2D eigenvalue weighted by Gasteiger charge is 2.35. The molecule has 204 valence electrons. The number of halogens is 2. The van der Waals surface area contributed by atoms with Crippen LogP contribution in [0.15, 0.2) is 55.0 Å². The number of pyridine rings is 1. The maximum atomic E-state index is 15.1. The number of carbonyl (C=O) groups is 2. The molecule has 0 spiro atoms. The van der Waals surface area contributed by atoms with Gasteiger partial charge in [-0.1, -0.05) is 23.7 Å². The maximum Gasteiger partial charge on any atom is 0.409 e. The predicted molar refractivity (Wildman–Crippen MR) is 147 cm³/mol. The number of hydrogen-bond acceptors (Lipinski definition) is 8. The van der Waals surface area contributed by atoms with Crippen LogP contribution in [0.3, 0.4) is 0 Å². The molecule has 1 aliphatic rings. The van der Waals surface area contributed by atoms with Gasteiger partial charge in [-0.05, 0) is 36.8 Å². The summed E-state index contributed by atoms with van der Waals surface area (Å²) >= 11 is 7.20. The Morgan fingerprint density at radius 3 is 2.77 bits per heavy atom. The first-order valence-electron chi connectivity index (χ1n) is 12.3. The molecule has 2 amide bonds. The second kappa shape index (κ2) is 10.7. The Balaban J connectivity index is 1.46. The van der Waals surface area contributed by atoms with E-state index in [9.17, 15) is 9.59 Å². The molecule has 11 nitrogen and oxygen atoms in total. The quantitative estimate of drug-likeness (QED) is 0.312. The molecule has 0 saturated carbocycles. The van der Waals surface area contributed by atoms with Gasteiger partial charge in [0.1, 0.15) is 29.2 Å². The zero-order chi connectivity index (χ0) is 27.8. The van der Waals surface area contributed by atoms with E-state index in [0.29, 0.717) is 49.6 Å².